The highest BCUT2D eigenvalue weighted by Gasteiger charge is 2.23. The minimum atomic E-state index is -0.581. The molecule has 0 aromatic heterocycles. The number of ether oxygens (including phenoxy) is 1. The van der Waals surface area contributed by atoms with Gasteiger partial charge in [0.1, 0.15) is 17.4 Å². The number of nitrogens with one attached hydrogen (secondary N) is 1. The Hall–Kier alpha value is -1.94. The average molecular weight is 291 g/mol. The largest absolute Gasteiger partial charge is 0.496 e. The van der Waals surface area contributed by atoms with Crippen molar-refractivity contribution >= 4 is 0 Å². The van der Waals surface area contributed by atoms with E-state index in [-0.39, 0.29) is 5.56 Å². The number of benzene rings is 2. The summed E-state index contributed by atoms with van der Waals surface area (Å²) in [5.41, 5.74) is 0.743. The lowest BCUT2D eigenvalue weighted by atomic mass is 9.96. The molecular formula is C17H19F2NO. The van der Waals surface area contributed by atoms with Gasteiger partial charge in [0, 0.05) is 11.1 Å². The molecule has 0 aliphatic carbocycles. The van der Waals surface area contributed by atoms with Crippen molar-refractivity contribution < 1.29 is 13.5 Å². The third-order valence-electron chi connectivity index (χ3n) is 3.34. The summed E-state index contributed by atoms with van der Waals surface area (Å²) in [7, 11) is 1.55. The minimum Gasteiger partial charge on any atom is -0.496 e. The van der Waals surface area contributed by atoms with Gasteiger partial charge < -0.3 is 10.1 Å². The van der Waals surface area contributed by atoms with Gasteiger partial charge in [-0.1, -0.05) is 31.2 Å². The first-order valence-corrected chi connectivity index (χ1v) is 6.99. The van der Waals surface area contributed by atoms with Crippen LogP contribution in [0.2, 0.25) is 0 Å². The second-order valence-corrected chi connectivity index (χ2v) is 4.76. The zero-order chi connectivity index (χ0) is 15.2. The maximum atomic E-state index is 14.1. The highest BCUT2D eigenvalue weighted by molar-refractivity contribution is 5.42. The topological polar surface area (TPSA) is 21.3 Å². The molecule has 2 nitrogen and oxygen atoms in total. The fourth-order valence-corrected chi connectivity index (χ4v) is 2.35. The molecule has 0 aliphatic rings. The Morgan fingerprint density at radius 2 is 1.71 bits per heavy atom. The Kier molecular flexibility index (Phi) is 5.28. The first-order valence-electron chi connectivity index (χ1n) is 6.99. The third kappa shape index (κ3) is 3.39. The van der Waals surface area contributed by atoms with Crippen molar-refractivity contribution in [2.45, 2.75) is 19.4 Å². The van der Waals surface area contributed by atoms with Crippen molar-refractivity contribution in [1.29, 1.82) is 0 Å². The third-order valence-corrected chi connectivity index (χ3v) is 3.34. The Bertz CT molecular complexity index is 581. The van der Waals surface area contributed by atoms with E-state index >= 15 is 0 Å². The average Bonchev–Trinajstić information content (AvgIpc) is 2.50. The molecule has 0 fully saturated rings. The van der Waals surface area contributed by atoms with E-state index in [1.807, 2.05) is 25.1 Å². The Labute approximate surface area is 123 Å². The standard InChI is InChI=1S/C17H19F2NO/c1-3-11-20-17(12-7-4-5-10-15(12)21-2)16-13(18)8-6-9-14(16)19/h4-10,17,20H,3,11H2,1-2H3. The summed E-state index contributed by atoms with van der Waals surface area (Å²) < 4.78 is 33.6. The van der Waals surface area contributed by atoms with E-state index in [1.54, 1.807) is 13.2 Å². The van der Waals surface area contributed by atoms with Gasteiger partial charge >= 0.3 is 0 Å². The van der Waals surface area contributed by atoms with Gasteiger partial charge in [-0.15, -0.1) is 0 Å². The molecule has 0 amide bonds. The van der Waals surface area contributed by atoms with E-state index in [1.165, 1.54) is 18.2 Å². The van der Waals surface area contributed by atoms with Crippen LogP contribution < -0.4 is 10.1 Å². The number of hydrogen-bond donors (Lipinski definition) is 1. The molecule has 2 aromatic rings. The normalized spacial score (nSPS) is 12.2. The first kappa shape index (κ1) is 15.4. The number of halogens is 2. The molecule has 0 bridgehead atoms. The van der Waals surface area contributed by atoms with Crippen molar-refractivity contribution in [2.24, 2.45) is 0 Å². The molecular weight excluding hydrogens is 272 g/mol. The van der Waals surface area contributed by atoms with Crippen LogP contribution in [0.4, 0.5) is 8.78 Å². The highest BCUT2D eigenvalue weighted by atomic mass is 19.1. The molecule has 2 aromatic carbocycles. The van der Waals surface area contributed by atoms with Crippen molar-refractivity contribution in [2.75, 3.05) is 13.7 Å². The second kappa shape index (κ2) is 7.18. The van der Waals surface area contributed by atoms with Gasteiger partial charge in [0.2, 0.25) is 0 Å². The van der Waals surface area contributed by atoms with Crippen LogP contribution in [0.15, 0.2) is 42.5 Å². The molecule has 1 N–H and O–H groups in total. The number of methoxy groups -OCH3 is 1. The summed E-state index contributed by atoms with van der Waals surface area (Å²) >= 11 is 0. The maximum Gasteiger partial charge on any atom is 0.131 e. The van der Waals surface area contributed by atoms with Gasteiger partial charge in [-0.2, -0.15) is 0 Å². The zero-order valence-electron chi connectivity index (χ0n) is 12.2. The van der Waals surface area contributed by atoms with Crippen LogP contribution in [0.3, 0.4) is 0 Å². The molecule has 0 heterocycles. The van der Waals surface area contributed by atoms with Crippen molar-refractivity contribution in [3.05, 3.63) is 65.2 Å². The van der Waals surface area contributed by atoms with Crippen LogP contribution in [0.5, 0.6) is 5.75 Å². The van der Waals surface area contributed by atoms with Crippen LogP contribution in [0, 0.1) is 11.6 Å². The van der Waals surface area contributed by atoms with E-state index in [0.29, 0.717) is 12.3 Å². The molecule has 0 spiro atoms. The van der Waals surface area contributed by atoms with Crippen LogP contribution in [-0.2, 0) is 0 Å². The lowest BCUT2D eigenvalue weighted by molar-refractivity contribution is 0.401. The molecule has 0 aliphatic heterocycles. The van der Waals surface area contributed by atoms with Gasteiger partial charge in [-0.3, -0.25) is 0 Å². The summed E-state index contributed by atoms with van der Waals surface area (Å²) in [4.78, 5) is 0. The maximum absolute atomic E-state index is 14.1. The smallest absolute Gasteiger partial charge is 0.131 e. The van der Waals surface area contributed by atoms with E-state index in [2.05, 4.69) is 5.32 Å². The fourth-order valence-electron chi connectivity index (χ4n) is 2.35. The Morgan fingerprint density at radius 3 is 2.33 bits per heavy atom. The monoisotopic (exact) mass is 291 g/mol. The quantitative estimate of drug-likeness (QED) is 0.866. The van der Waals surface area contributed by atoms with E-state index in [4.69, 9.17) is 4.74 Å². The molecule has 21 heavy (non-hydrogen) atoms. The summed E-state index contributed by atoms with van der Waals surface area (Å²) in [6.45, 7) is 2.65. The zero-order valence-corrected chi connectivity index (χ0v) is 12.2. The number of rotatable bonds is 6. The van der Waals surface area contributed by atoms with E-state index < -0.39 is 17.7 Å². The molecule has 4 heteroatoms. The minimum absolute atomic E-state index is 0.0236. The fraction of sp³-hybridized carbons (Fsp3) is 0.294. The number of para-hydroxylation sites is 1. The molecule has 0 saturated heterocycles. The van der Waals surface area contributed by atoms with Crippen LogP contribution >= 0.6 is 0 Å². The number of hydrogen-bond acceptors (Lipinski definition) is 2. The van der Waals surface area contributed by atoms with Crippen LogP contribution in [0.1, 0.15) is 30.5 Å². The predicted octanol–water partition coefficient (Wildman–Crippen LogP) is 4.06. The second-order valence-electron chi connectivity index (χ2n) is 4.76. The van der Waals surface area contributed by atoms with Crippen molar-refractivity contribution in [1.82, 2.24) is 5.32 Å². The first-order chi connectivity index (χ1) is 10.2. The van der Waals surface area contributed by atoms with Gasteiger partial charge in [-0.05, 0) is 31.2 Å². The van der Waals surface area contributed by atoms with Gasteiger partial charge in [-0.25, -0.2) is 8.78 Å². The molecule has 112 valence electrons. The van der Waals surface area contributed by atoms with Gasteiger partial charge in [0.15, 0.2) is 0 Å². The summed E-state index contributed by atoms with van der Waals surface area (Å²) in [5, 5.41) is 3.20. The molecule has 0 saturated carbocycles. The molecule has 1 unspecified atom stereocenters. The van der Waals surface area contributed by atoms with E-state index in [9.17, 15) is 8.78 Å². The summed E-state index contributed by atoms with van der Waals surface area (Å²) in [6.07, 6.45) is 0.863. The Morgan fingerprint density at radius 1 is 1.05 bits per heavy atom. The predicted molar refractivity (Wildman–Crippen MR) is 79.5 cm³/mol. The summed E-state index contributed by atoms with van der Waals surface area (Å²) in [5.74, 6) is -0.516. The van der Waals surface area contributed by atoms with E-state index in [0.717, 1.165) is 12.0 Å². The van der Waals surface area contributed by atoms with Gasteiger partial charge in [0.05, 0.1) is 13.2 Å². The highest BCUT2D eigenvalue weighted by Crippen LogP contribution is 2.32. The van der Waals surface area contributed by atoms with Gasteiger partial charge in [0.25, 0.3) is 0 Å². The van der Waals surface area contributed by atoms with Crippen molar-refractivity contribution in [3.63, 3.8) is 0 Å². The van der Waals surface area contributed by atoms with Crippen LogP contribution in [-0.4, -0.2) is 13.7 Å². The summed E-state index contributed by atoms with van der Waals surface area (Å²) in [6, 6.07) is 10.6. The molecule has 0 radical (unpaired) electrons. The van der Waals surface area contributed by atoms with Crippen molar-refractivity contribution in [3.8, 4) is 5.75 Å². The SMILES string of the molecule is CCCNC(c1ccccc1OC)c1c(F)cccc1F. The van der Waals surface area contributed by atoms with Crippen LogP contribution in [0.25, 0.3) is 0 Å². The molecule has 1 atom stereocenters. The molecule has 2 rings (SSSR count). The lowest BCUT2D eigenvalue weighted by Crippen LogP contribution is -2.25. The lowest BCUT2D eigenvalue weighted by Gasteiger charge is -2.22. The Balaban J connectivity index is 2.53.